The minimum atomic E-state index is -2.58. The molecular formula is C36H66O30. The van der Waals surface area contributed by atoms with E-state index in [9.17, 15) is 107 Å². The van der Waals surface area contributed by atoms with Gasteiger partial charge in [0.15, 0.2) is 37.7 Å². The van der Waals surface area contributed by atoms with E-state index in [0.717, 1.165) is 0 Å². The quantitative estimate of drug-likeness (QED) is 0.102. The number of rotatable bonds is 9. The van der Waals surface area contributed by atoms with Crippen LogP contribution < -0.4 is 0 Å². The summed E-state index contributed by atoms with van der Waals surface area (Å²) in [5.41, 5.74) is 0. The molecule has 30 nitrogen and oxygen atoms in total. The molecule has 0 amide bonds. The Morgan fingerprint density at radius 3 is 0.758 bits per heavy atom. The molecule has 8 heterocycles. The lowest BCUT2D eigenvalue weighted by Crippen LogP contribution is -2.66. The number of fused-ring (bicyclic) bond motifs is 1. The van der Waals surface area contributed by atoms with Crippen molar-refractivity contribution in [2.45, 2.75) is 185 Å². The molecule has 0 aromatic heterocycles. The number of aliphatic hydroxyl groups is 21. The summed E-state index contributed by atoms with van der Waals surface area (Å²) in [7, 11) is 0. The van der Waals surface area contributed by atoms with Gasteiger partial charge in [-0.3, -0.25) is 0 Å². The highest BCUT2D eigenvalue weighted by Gasteiger charge is 2.54. The maximum atomic E-state index is 11.1. The zero-order valence-electron chi connectivity index (χ0n) is 35.0. The summed E-state index contributed by atoms with van der Waals surface area (Å²) >= 11 is 0. The molecule has 27 unspecified atom stereocenters. The molecule has 0 saturated carbocycles. The minimum Gasteiger partial charge on any atom is -0.396 e. The highest BCUT2D eigenvalue weighted by molar-refractivity contribution is 4.97. The van der Waals surface area contributed by atoms with Crippen LogP contribution in [0.1, 0.15) is 19.3 Å². The Hall–Kier alpha value is -1.20. The first-order valence-corrected chi connectivity index (χ1v) is 21.0. The molecule has 8 aliphatic heterocycles. The third-order valence-corrected chi connectivity index (χ3v) is 11.6. The summed E-state index contributed by atoms with van der Waals surface area (Å²) < 4.78 is 48.9. The van der Waals surface area contributed by atoms with Crippen LogP contribution in [-0.2, 0) is 42.6 Å². The summed E-state index contributed by atoms with van der Waals surface area (Å²) in [5.74, 6) is 0. The van der Waals surface area contributed by atoms with Crippen LogP contribution in [0.4, 0.5) is 0 Å². The van der Waals surface area contributed by atoms with Crippen LogP contribution in [0.3, 0.4) is 0 Å². The fourth-order valence-corrected chi connectivity index (χ4v) is 7.75. The molecule has 30 heteroatoms. The summed E-state index contributed by atoms with van der Waals surface area (Å²) in [5, 5.41) is 224. The van der Waals surface area contributed by atoms with E-state index in [-0.39, 0.29) is 0 Å². The molecule has 8 aliphatic rings. The van der Waals surface area contributed by atoms with Crippen molar-refractivity contribution in [2.75, 3.05) is 39.6 Å². The van der Waals surface area contributed by atoms with Crippen LogP contribution in [0.15, 0.2) is 0 Å². The van der Waals surface area contributed by atoms with Crippen molar-refractivity contribution in [1.82, 2.24) is 0 Å². The van der Waals surface area contributed by atoms with Gasteiger partial charge in [-0.25, -0.2) is 0 Å². The summed E-state index contributed by atoms with van der Waals surface area (Å²) in [6.07, 6.45) is -60.1. The predicted octanol–water partition coefficient (Wildman–Crippen LogP) is -13.1. The van der Waals surface area contributed by atoms with Crippen molar-refractivity contribution in [3.63, 3.8) is 0 Å². The average Bonchev–Trinajstić information content (AvgIpc) is 3.30. The van der Waals surface area contributed by atoms with Gasteiger partial charge in [0.25, 0.3) is 0 Å². The molecule has 27 atom stereocenters. The highest BCUT2D eigenvalue weighted by Crippen LogP contribution is 2.33. The van der Waals surface area contributed by atoms with Gasteiger partial charge in [-0.15, -0.1) is 0 Å². The van der Waals surface area contributed by atoms with E-state index in [1.165, 1.54) is 0 Å². The maximum Gasteiger partial charge on any atom is 0.187 e. The second-order valence-corrected chi connectivity index (χ2v) is 16.1. The Labute approximate surface area is 374 Å². The van der Waals surface area contributed by atoms with E-state index >= 15 is 0 Å². The number of aliphatic hydroxyl groups excluding tert-OH is 21. The Bertz CT molecular complexity index is 1370. The Morgan fingerprint density at radius 2 is 0.470 bits per heavy atom. The van der Waals surface area contributed by atoms with Crippen molar-refractivity contribution < 1.29 is 150 Å². The summed E-state index contributed by atoms with van der Waals surface area (Å²) in [6, 6.07) is 0. The normalized spacial score (nSPS) is 50.0. The monoisotopic (exact) mass is 978 g/mol. The van der Waals surface area contributed by atoms with Crippen LogP contribution >= 0.6 is 0 Å². The third kappa shape index (κ3) is 13.4. The molecule has 0 spiro atoms. The molecular weight excluding hydrogens is 912 g/mol. The first kappa shape index (κ1) is 57.4. The maximum absolute atomic E-state index is 11.1. The van der Waals surface area contributed by atoms with Crippen molar-refractivity contribution in [3.05, 3.63) is 0 Å². The van der Waals surface area contributed by atoms with Crippen LogP contribution in [0.25, 0.3) is 0 Å². The molecule has 0 aliphatic carbocycles. The van der Waals surface area contributed by atoms with Crippen LogP contribution in [-0.4, -0.2) is 313 Å². The van der Waals surface area contributed by atoms with Gasteiger partial charge in [-0.1, -0.05) is 0 Å². The standard InChI is InChI=1S/C36H66O30/c37-4-1-10-16(43)23(50)32(56)65-29-14(8-41)63-36(27(54)20(29)47)66-30-15(9-42)62-35(26(53)21(30)48)60-12(3-6-39)18(45)24(51)33(57)64-28-13(7-40)61-34(25(52)19(28)46)59-11(2-5-38)17(44)22(49)31(55)58-10/h10-57H,1-9H2. The van der Waals surface area contributed by atoms with Crippen molar-refractivity contribution in [1.29, 1.82) is 0 Å². The van der Waals surface area contributed by atoms with Crippen molar-refractivity contribution in [3.8, 4) is 0 Å². The zero-order valence-corrected chi connectivity index (χ0v) is 35.0. The molecule has 390 valence electrons. The van der Waals surface area contributed by atoms with Crippen LogP contribution in [0, 0.1) is 0 Å². The second kappa shape index (κ2) is 26.3. The van der Waals surface area contributed by atoms with Crippen LogP contribution in [0.2, 0.25) is 0 Å². The van der Waals surface area contributed by atoms with Gasteiger partial charge in [-0.05, 0) is 19.3 Å². The Morgan fingerprint density at radius 1 is 0.227 bits per heavy atom. The topological polar surface area (TPSA) is 508 Å². The minimum absolute atomic E-state index is 0.595. The lowest BCUT2D eigenvalue weighted by atomic mass is 9.96. The fraction of sp³-hybridized carbons (Fsp3) is 1.00. The van der Waals surface area contributed by atoms with E-state index in [2.05, 4.69) is 0 Å². The summed E-state index contributed by atoms with van der Waals surface area (Å²) in [6.45, 7) is -5.66. The largest absolute Gasteiger partial charge is 0.396 e. The zero-order chi connectivity index (χ0) is 49.3. The fourth-order valence-electron chi connectivity index (χ4n) is 7.75. The number of hydrogen-bond acceptors (Lipinski definition) is 30. The lowest BCUT2D eigenvalue weighted by molar-refractivity contribution is -0.375. The third-order valence-electron chi connectivity index (χ3n) is 11.6. The number of ether oxygens (including phenoxy) is 9. The van der Waals surface area contributed by atoms with Gasteiger partial charge in [0, 0.05) is 19.8 Å². The van der Waals surface area contributed by atoms with Crippen molar-refractivity contribution in [2.24, 2.45) is 0 Å². The molecule has 66 heavy (non-hydrogen) atoms. The van der Waals surface area contributed by atoms with E-state index < -0.39 is 225 Å². The molecule has 0 aromatic carbocycles. The molecule has 6 bridgehead atoms. The van der Waals surface area contributed by atoms with Gasteiger partial charge in [0.05, 0.1) is 38.1 Å². The second-order valence-electron chi connectivity index (χ2n) is 16.1. The van der Waals surface area contributed by atoms with Gasteiger partial charge < -0.3 is 150 Å². The average molecular weight is 979 g/mol. The van der Waals surface area contributed by atoms with Crippen molar-refractivity contribution >= 4 is 0 Å². The van der Waals surface area contributed by atoms with E-state index in [4.69, 9.17) is 42.6 Å². The van der Waals surface area contributed by atoms with Gasteiger partial charge in [0.2, 0.25) is 0 Å². The molecule has 0 aromatic rings. The molecule has 8 saturated heterocycles. The SMILES string of the molecule is OCCC1OC(O)C(O)C(O)C(CCO)OC2OC(CO)C(OC(O)C(O)C(O)C(CCO)OC3OC(CO)C(OC4OC(CO)C(OC(O)C(O)C1O)C(O)C4O)C(O)C3O)C(O)C2O. The molecule has 21 N–H and O–H groups in total. The van der Waals surface area contributed by atoms with Gasteiger partial charge >= 0.3 is 0 Å². The van der Waals surface area contributed by atoms with Gasteiger partial charge in [0.1, 0.15) is 110 Å². The Balaban J connectivity index is 1.70. The number of hydrogen-bond donors (Lipinski definition) is 21. The first-order valence-electron chi connectivity index (χ1n) is 21.0. The van der Waals surface area contributed by atoms with E-state index in [0.29, 0.717) is 0 Å². The Kier molecular flexibility index (Phi) is 22.9. The smallest absolute Gasteiger partial charge is 0.187 e. The van der Waals surface area contributed by atoms with Gasteiger partial charge in [-0.2, -0.15) is 0 Å². The van der Waals surface area contributed by atoms with Crippen LogP contribution in [0.5, 0.6) is 0 Å². The molecule has 8 rings (SSSR count). The van der Waals surface area contributed by atoms with E-state index in [1.807, 2.05) is 0 Å². The molecule has 0 radical (unpaired) electrons. The molecule has 8 fully saturated rings. The predicted molar refractivity (Wildman–Crippen MR) is 202 cm³/mol. The van der Waals surface area contributed by atoms with E-state index in [1.54, 1.807) is 0 Å². The summed E-state index contributed by atoms with van der Waals surface area (Å²) in [4.78, 5) is 0. The lowest BCUT2D eigenvalue weighted by Gasteiger charge is -2.47. The first-order chi connectivity index (χ1) is 31.2. The highest BCUT2D eigenvalue weighted by atomic mass is 16.8.